The van der Waals surface area contributed by atoms with Crippen molar-refractivity contribution in [3.8, 4) is 0 Å². The van der Waals surface area contributed by atoms with E-state index >= 15 is 0 Å². The van der Waals surface area contributed by atoms with Gasteiger partial charge in [0, 0.05) is 33.9 Å². The Hall–Kier alpha value is -3.40. The van der Waals surface area contributed by atoms with E-state index in [-0.39, 0.29) is 11.3 Å². The van der Waals surface area contributed by atoms with Gasteiger partial charge < -0.3 is 4.57 Å². The van der Waals surface area contributed by atoms with Crippen molar-refractivity contribution in [2.24, 2.45) is 5.10 Å². The first-order valence-corrected chi connectivity index (χ1v) is 10.3. The Balaban J connectivity index is 1.54. The highest BCUT2D eigenvalue weighted by Crippen LogP contribution is 2.29. The van der Waals surface area contributed by atoms with Gasteiger partial charge in [-0.25, -0.2) is 5.43 Å². The van der Waals surface area contributed by atoms with E-state index in [1.807, 2.05) is 30.3 Å². The first-order valence-electron chi connectivity index (χ1n) is 10.3. The minimum atomic E-state index is -0.213. The van der Waals surface area contributed by atoms with E-state index in [0.29, 0.717) is 5.56 Å². The van der Waals surface area contributed by atoms with Crippen LogP contribution >= 0.6 is 0 Å². The molecule has 0 aliphatic rings. The summed E-state index contributed by atoms with van der Waals surface area (Å²) in [5.41, 5.74) is 7.88. The van der Waals surface area contributed by atoms with Gasteiger partial charge >= 0.3 is 0 Å². The fraction of sp³-hybridized carbons (Fsp3) is 0.231. The van der Waals surface area contributed by atoms with Crippen molar-refractivity contribution in [3.05, 3.63) is 83.4 Å². The van der Waals surface area contributed by atoms with Crippen LogP contribution in [0.2, 0.25) is 0 Å². The van der Waals surface area contributed by atoms with E-state index in [1.165, 1.54) is 27.4 Å². The van der Waals surface area contributed by atoms with Gasteiger partial charge in [0.1, 0.15) is 0 Å². The molecule has 0 aliphatic heterocycles. The Morgan fingerprint density at radius 2 is 1.67 bits per heavy atom. The third kappa shape index (κ3) is 3.73. The molecule has 1 N–H and O–H groups in total. The van der Waals surface area contributed by atoms with Crippen molar-refractivity contribution in [1.29, 1.82) is 0 Å². The fourth-order valence-corrected chi connectivity index (χ4v) is 3.84. The second-order valence-electron chi connectivity index (χ2n) is 8.56. The lowest BCUT2D eigenvalue weighted by Gasteiger charge is -2.18. The van der Waals surface area contributed by atoms with Crippen molar-refractivity contribution >= 4 is 33.9 Å². The molecule has 30 heavy (non-hydrogen) atoms. The van der Waals surface area contributed by atoms with E-state index in [0.717, 1.165) is 12.1 Å². The van der Waals surface area contributed by atoms with Gasteiger partial charge in [0.05, 0.1) is 6.21 Å². The van der Waals surface area contributed by atoms with E-state index in [1.54, 1.807) is 6.21 Å². The number of hydrazone groups is 1. The number of nitrogens with zero attached hydrogens (tertiary/aromatic N) is 2. The van der Waals surface area contributed by atoms with Crippen molar-refractivity contribution < 1.29 is 4.79 Å². The molecule has 1 amide bonds. The Labute approximate surface area is 177 Å². The molecule has 4 aromatic rings. The Morgan fingerprint density at radius 3 is 2.37 bits per heavy atom. The van der Waals surface area contributed by atoms with E-state index in [2.05, 4.69) is 79.2 Å². The maximum Gasteiger partial charge on any atom is 0.271 e. The van der Waals surface area contributed by atoms with Crippen LogP contribution in [0.25, 0.3) is 21.8 Å². The van der Waals surface area contributed by atoms with Crippen LogP contribution in [0.4, 0.5) is 0 Å². The number of nitrogens with one attached hydrogen (secondary N) is 1. The van der Waals surface area contributed by atoms with Gasteiger partial charge in [-0.1, -0.05) is 57.2 Å². The summed E-state index contributed by atoms with van der Waals surface area (Å²) in [7, 11) is 0. The van der Waals surface area contributed by atoms with Crippen LogP contribution in [0.5, 0.6) is 0 Å². The smallest absolute Gasteiger partial charge is 0.271 e. The highest BCUT2D eigenvalue weighted by atomic mass is 16.2. The summed E-state index contributed by atoms with van der Waals surface area (Å²) in [6, 6.07) is 22.4. The van der Waals surface area contributed by atoms with Gasteiger partial charge in [0.2, 0.25) is 0 Å². The second kappa shape index (κ2) is 7.79. The van der Waals surface area contributed by atoms with Crippen molar-refractivity contribution in [2.75, 3.05) is 0 Å². The number of amides is 1. The van der Waals surface area contributed by atoms with E-state index in [4.69, 9.17) is 0 Å². The molecule has 0 bridgehead atoms. The zero-order valence-electron chi connectivity index (χ0n) is 17.9. The van der Waals surface area contributed by atoms with Crippen LogP contribution in [-0.4, -0.2) is 16.7 Å². The summed E-state index contributed by atoms with van der Waals surface area (Å²) < 4.78 is 2.31. The SMILES string of the molecule is CCn1c2ccccc2c2cc(C=NNC(=O)c3ccc(C(C)(C)C)cc3)ccc21. The van der Waals surface area contributed by atoms with Crippen molar-refractivity contribution in [3.63, 3.8) is 0 Å². The second-order valence-corrected chi connectivity index (χ2v) is 8.56. The van der Waals surface area contributed by atoms with Gasteiger partial charge in [0.15, 0.2) is 0 Å². The number of hydrogen-bond acceptors (Lipinski definition) is 2. The monoisotopic (exact) mass is 397 g/mol. The number of rotatable bonds is 4. The molecule has 3 aromatic carbocycles. The molecule has 0 saturated heterocycles. The van der Waals surface area contributed by atoms with Crippen molar-refractivity contribution in [1.82, 2.24) is 9.99 Å². The quantitative estimate of drug-likeness (QED) is 0.339. The van der Waals surface area contributed by atoms with Gasteiger partial charge in [-0.3, -0.25) is 4.79 Å². The van der Waals surface area contributed by atoms with Crippen LogP contribution in [0.15, 0.2) is 71.8 Å². The van der Waals surface area contributed by atoms with Gasteiger partial charge in [0.25, 0.3) is 5.91 Å². The standard InChI is InChI=1S/C26H27N3O/c1-5-29-23-9-7-6-8-21(23)22-16-18(10-15-24(22)29)17-27-28-25(30)19-11-13-20(14-12-19)26(2,3)4/h6-17H,5H2,1-4H3,(H,28,30). The topological polar surface area (TPSA) is 46.4 Å². The van der Waals surface area contributed by atoms with Gasteiger partial charge in [-0.2, -0.15) is 5.10 Å². The molecule has 1 heterocycles. The molecule has 152 valence electrons. The average Bonchev–Trinajstić information content (AvgIpc) is 3.06. The largest absolute Gasteiger partial charge is 0.341 e. The Bertz CT molecular complexity index is 1240. The fourth-order valence-electron chi connectivity index (χ4n) is 3.84. The number of hydrogen-bond donors (Lipinski definition) is 1. The maximum atomic E-state index is 12.4. The number of aryl methyl sites for hydroxylation is 1. The molecule has 1 aromatic heterocycles. The number of aromatic nitrogens is 1. The number of fused-ring (bicyclic) bond motifs is 3. The summed E-state index contributed by atoms with van der Waals surface area (Å²) in [5.74, 6) is -0.213. The number of para-hydroxylation sites is 1. The lowest BCUT2D eigenvalue weighted by molar-refractivity contribution is 0.0955. The highest BCUT2D eigenvalue weighted by molar-refractivity contribution is 6.09. The number of carbonyl (C=O) groups excluding carboxylic acids is 1. The van der Waals surface area contributed by atoms with E-state index in [9.17, 15) is 4.79 Å². The summed E-state index contributed by atoms with van der Waals surface area (Å²) in [5, 5.41) is 6.60. The third-order valence-corrected chi connectivity index (χ3v) is 5.51. The Kier molecular flexibility index (Phi) is 5.17. The molecule has 4 nitrogen and oxygen atoms in total. The average molecular weight is 398 g/mol. The Morgan fingerprint density at radius 1 is 0.967 bits per heavy atom. The molecule has 0 spiro atoms. The molecule has 0 radical (unpaired) electrons. The first-order chi connectivity index (χ1) is 14.4. The lowest BCUT2D eigenvalue weighted by Crippen LogP contribution is -2.18. The molecule has 4 rings (SSSR count). The zero-order chi connectivity index (χ0) is 21.3. The predicted molar refractivity (Wildman–Crippen MR) is 125 cm³/mol. The molecule has 4 heteroatoms. The van der Waals surface area contributed by atoms with Crippen molar-refractivity contribution in [2.45, 2.75) is 39.7 Å². The number of carbonyl (C=O) groups is 1. The molecular weight excluding hydrogens is 370 g/mol. The minimum Gasteiger partial charge on any atom is -0.341 e. The van der Waals surface area contributed by atoms with Crippen LogP contribution in [0.3, 0.4) is 0 Å². The highest BCUT2D eigenvalue weighted by Gasteiger charge is 2.14. The lowest BCUT2D eigenvalue weighted by atomic mass is 9.87. The molecule has 0 fully saturated rings. The minimum absolute atomic E-state index is 0.0622. The summed E-state index contributed by atoms with van der Waals surface area (Å²) >= 11 is 0. The molecule has 0 saturated carbocycles. The first kappa shape index (κ1) is 19.9. The third-order valence-electron chi connectivity index (χ3n) is 5.51. The van der Waals surface area contributed by atoms with Crippen LogP contribution in [0.1, 0.15) is 49.2 Å². The molecule has 0 aliphatic carbocycles. The predicted octanol–water partition coefficient (Wildman–Crippen LogP) is 5.88. The summed E-state index contributed by atoms with van der Waals surface area (Å²) in [6.07, 6.45) is 1.69. The maximum absolute atomic E-state index is 12.4. The van der Waals surface area contributed by atoms with Gasteiger partial charge in [-0.05, 0) is 53.8 Å². The molecule has 0 atom stereocenters. The summed E-state index contributed by atoms with van der Waals surface area (Å²) in [4.78, 5) is 12.4. The van der Waals surface area contributed by atoms with Gasteiger partial charge in [-0.15, -0.1) is 0 Å². The normalized spacial score (nSPS) is 12.1. The van der Waals surface area contributed by atoms with Crippen LogP contribution in [0, 0.1) is 0 Å². The van der Waals surface area contributed by atoms with E-state index < -0.39 is 0 Å². The van der Waals surface area contributed by atoms with Crippen LogP contribution in [-0.2, 0) is 12.0 Å². The van der Waals surface area contributed by atoms with Crippen LogP contribution < -0.4 is 5.43 Å². The molecule has 0 unspecified atom stereocenters. The molecular formula is C26H27N3O. The zero-order valence-corrected chi connectivity index (χ0v) is 17.9. The summed E-state index contributed by atoms with van der Waals surface area (Å²) in [6.45, 7) is 9.54. The number of benzene rings is 3.